The summed E-state index contributed by atoms with van der Waals surface area (Å²) in [5.74, 6) is 1.70. The molecule has 0 atom stereocenters. The molecule has 1 fully saturated rings. The first kappa shape index (κ1) is 21.1. The van der Waals surface area contributed by atoms with E-state index >= 15 is 0 Å². The first-order valence-corrected chi connectivity index (χ1v) is 9.82. The summed E-state index contributed by atoms with van der Waals surface area (Å²) in [4.78, 5) is 16.0. The number of nitrogens with zero attached hydrogens (tertiary/aromatic N) is 4. The quantitative estimate of drug-likeness (QED) is 0.544. The molecular weight excluding hydrogens is 407 g/mol. The number of benzene rings is 2. The van der Waals surface area contributed by atoms with Crippen molar-refractivity contribution in [1.29, 1.82) is 0 Å². The predicted molar refractivity (Wildman–Crippen MR) is 122 cm³/mol. The molecule has 0 saturated carbocycles. The van der Waals surface area contributed by atoms with E-state index in [1.165, 1.54) is 11.1 Å². The van der Waals surface area contributed by atoms with Crippen molar-refractivity contribution >= 4 is 53.2 Å². The second kappa shape index (κ2) is 9.29. The third-order valence-electron chi connectivity index (χ3n) is 4.57. The molecule has 0 spiro atoms. The molecule has 0 aliphatic carbocycles. The Bertz CT molecular complexity index is 968. The number of aryl methyl sites for hydroxylation is 2. The minimum atomic E-state index is 0. The molecule has 0 unspecified atom stereocenters. The Morgan fingerprint density at radius 3 is 2.07 bits per heavy atom. The Hall–Kier alpha value is -2.57. The van der Waals surface area contributed by atoms with Crippen molar-refractivity contribution in [2.75, 3.05) is 28.6 Å². The third kappa shape index (κ3) is 5.49. The van der Waals surface area contributed by atoms with E-state index in [0.29, 0.717) is 22.9 Å². The van der Waals surface area contributed by atoms with E-state index < -0.39 is 0 Å². The zero-order chi connectivity index (χ0) is 19.5. The molecule has 1 aliphatic rings. The highest BCUT2D eigenvalue weighted by atomic mass is 35.5. The molecule has 6 nitrogen and oxygen atoms in total. The van der Waals surface area contributed by atoms with Crippen molar-refractivity contribution in [2.45, 2.75) is 26.7 Å². The first-order chi connectivity index (χ1) is 13.5. The summed E-state index contributed by atoms with van der Waals surface area (Å²) in [6.45, 7) is 6.08. The van der Waals surface area contributed by atoms with Gasteiger partial charge in [0.25, 0.3) is 0 Å². The molecule has 8 heteroatoms. The second-order valence-electron chi connectivity index (χ2n) is 7.11. The summed E-state index contributed by atoms with van der Waals surface area (Å²) in [6.07, 6.45) is 2.31. The predicted octanol–water partition coefficient (Wildman–Crippen LogP) is 5.65. The van der Waals surface area contributed by atoms with Crippen LogP contribution in [0.3, 0.4) is 0 Å². The Labute approximate surface area is 182 Å². The Morgan fingerprint density at radius 2 is 1.45 bits per heavy atom. The lowest BCUT2D eigenvalue weighted by Crippen LogP contribution is -2.21. The maximum atomic E-state index is 6.10. The van der Waals surface area contributed by atoms with Gasteiger partial charge in [-0.1, -0.05) is 23.7 Å². The number of rotatable bonds is 5. The minimum Gasteiger partial charge on any atom is -0.341 e. The van der Waals surface area contributed by atoms with Gasteiger partial charge in [0, 0.05) is 29.5 Å². The normalized spacial score (nSPS) is 13.1. The van der Waals surface area contributed by atoms with Gasteiger partial charge in [0.05, 0.1) is 0 Å². The van der Waals surface area contributed by atoms with Gasteiger partial charge < -0.3 is 15.5 Å². The van der Waals surface area contributed by atoms with Crippen LogP contribution < -0.4 is 15.5 Å². The highest BCUT2D eigenvalue weighted by Gasteiger charge is 2.18. The average Bonchev–Trinajstić information content (AvgIpc) is 3.15. The molecule has 0 radical (unpaired) electrons. The number of halogens is 2. The minimum absolute atomic E-state index is 0. The number of hydrogen-bond donors (Lipinski definition) is 2. The van der Waals surface area contributed by atoms with Crippen molar-refractivity contribution in [1.82, 2.24) is 15.0 Å². The highest BCUT2D eigenvalue weighted by Crippen LogP contribution is 2.24. The molecule has 0 bridgehead atoms. The summed E-state index contributed by atoms with van der Waals surface area (Å²) in [5, 5.41) is 7.24. The van der Waals surface area contributed by atoms with E-state index in [1.54, 1.807) is 0 Å². The van der Waals surface area contributed by atoms with Crippen LogP contribution in [-0.2, 0) is 0 Å². The Balaban J connectivity index is 0.00000240. The molecular formula is C21H24Cl2N6. The molecule has 1 saturated heterocycles. The van der Waals surface area contributed by atoms with Crippen LogP contribution in [0.2, 0.25) is 5.02 Å². The van der Waals surface area contributed by atoms with Crippen LogP contribution in [0.5, 0.6) is 0 Å². The lowest BCUT2D eigenvalue weighted by atomic mass is 10.1. The maximum absolute atomic E-state index is 6.10. The van der Waals surface area contributed by atoms with E-state index in [4.69, 9.17) is 11.6 Å². The molecule has 2 aromatic carbocycles. The monoisotopic (exact) mass is 430 g/mol. The third-order valence-corrected chi connectivity index (χ3v) is 4.81. The lowest BCUT2D eigenvalue weighted by Gasteiger charge is -2.17. The summed E-state index contributed by atoms with van der Waals surface area (Å²) in [5.41, 5.74) is 4.18. The maximum Gasteiger partial charge on any atom is 0.233 e. The van der Waals surface area contributed by atoms with E-state index in [0.717, 1.165) is 37.3 Å². The lowest BCUT2D eigenvalue weighted by molar-refractivity contribution is 0.886. The van der Waals surface area contributed by atoms with Gasteiger partial charge in [-0.2, -0.15) is 15.0 Å². The fourth-order valence-electron chi connectivity index (χ4n) is 3.41. The second-order valence-corrected chi connectivity index (χ2v) is 7.55. The molecule has 0 amide bonds. The van der Waals surface area contributed by atoms with Crippen LogP contribution in [0.15, 0.2) is 42.5 Å². The fraction of sp³-hybridized carbons (Fsp3) is 0.286. The van der Waals surface area contributed by atoms with Crippen LogP contribution in [0.1, 0.15) is 24.0 Å². The largest absolute Gasteiger partial charge is 0.341 e. The van der Waals surface area contributed by atoms with Crippen molar-refractivity contribution in [3.8, 4) is 0 Å². The van der Waals surface area contributed by atoms with Crippen molar-refractivity contribution in [3.63, 3.8) is 0 Å². The van der Waals surface area contributed by atoms with Gasteiger partial charge in [-0.25, -0.2) is 0 Å². The van der Waals surface area contributed by atoms with E-state index in [1.807, 2.05) is 24.3 Å². The molecule has 2 N–H and O–H groups in total. The van der Waals surface area contributed by atoms with Gasteiger partial charge in [0.2, 0.25) is 17.8 Å². The van der Waals surface area contributed by atoms with Gasteiger partial charge in [-0.3, -0.25) is 0 Å². The number of nitrogens with one attached hydrogen (secondary N) is 2. The summed E-state index contributed by atoms with van der Waals surface area (Å²) in [6, 6.07) is 13.8. The molecule has 1 aliphatic heterocycles. The number of hydrogen-bond acceptors (Lipinski definition) is 6. The SMILES string of the molecule is Cc1cc(C)cc(Nc2nc(Nc3cccc(Cl)c3)nc(N3CCCC3)n2)c1.Cl. The zero-order valence-electron chi connectivity index (χ0n) is 16.4. The van der Waals surface area contributed by atoms with E-state index in [2.05, 4.69) is 62.5 Å². The van der Waals surface area contributed by atoms with Gasteiger partial charge in [-0.15, -0.1) is 12.4 Å². The van der Waals surface area contributed by atoms with Gasteiger partial charge in [-0.05, 0) is 68.1 Å². The molecule has 29 heavy (non-hydrogen) atoms. The zero-order valence-corrected chi connectivity index (χ0v) is 18.0. The van der Waals surface area contributed by atoms with Gasteiger partial charge in [0.1, 0.15) is 0 Å². The fourth-order valence-corrected chi connectivity index (χ4v) is 3.60. The van der Waals surface area contributed by atoms with Crippen molar-refractivity contribution in [2.24, 2.45) is 0 Å². The average molecular weight is 431 g/mol. The van der Waals surface area contributed by atoms with E-state index in [9.17, 15) is 0 Å². The summed E-state index contributed by atoms with van der Waals surface area (Å²) < 4.78 is 0. The topological polar surface area (TPSA) is 66.0 Å². The van der Waals surface area contributed by atoms with Crippen molar-refractivity contribution in [3.05, 3.63) is 58.6 Å². The van der Waals surface area contributed by atoms with E-state index in [-0.39, 0.29) is 12.4 Å². The standard InChI is InChI=1S/C21H23ClN6.ClH/c1-14-10-15(2)12-18(11-14)24-20-25-19(23-17-7-5-6-16(22)13-17)26-21(27-20)28-8-3-4-9-28;/h5-7,10-13H,3-4,8-9H2,1-2H3,(H2,23,24,25,26,27);1H. The molecule has 2 heterocycles. The molecule has 4 rings (SSSR count). The van der Waals surface area contributed by atoms with Crippen molar-refractivity contribution < 1.29 is 0 Å². The van der Waals surface area contributed by atoms with Crippen LogP contribution >= 0.6 is 24.0 Å². The van der Waals surface area contributed by atoms with Crippen LogP contribution in [-0.4, -0.2) is 28.0 Å². The smallest absolute Gasteiger partial charge is 0.233 e. The molecule has 1 aromatic heterocycles. The molecule has 152 valence electrons. The molecule has 3 aromatic rings. The summed E-state index contributed by atoms with van der Waals surface area (Å²) >= 11 is 6.10. The highest BCUT2D eigenvalue weighted by molar-refractivity contribution is 6.30. The Morgan fingerprint density at radius 1 is 0.828 bits per heavy atom. The van der Waals surface area contributed by atoms with Crippen LogP contribution in [0.25, 0.3) is 0 Å². The van der Waals surface area contributed by atoms with Crippen LogP contribution in [0, 0.1) is 13.8 Å². The van der Waals surface area contributed by atoms with Crippen LogP contribution in [0.4, 0.5) is 29.2 Å². The number of anilines is 5. The number of aromatic nitrogens is 3. The summed E-state index contributed by atoms with van der Waals surface area (Å²) in [7, 11) is 0. The Kier molecular flexibility index (Phi) is 6.77. The first-order valence-electron chi connectivity index (χ1n) is 9.44. The van der Waals surface area contributed by atoms with Gasteiger partial charge >= 0.3 is 0 Å². The van der Waals surface area contributed by atoms with Gasteiger partial charge in [0.15, 0.2) is 0 Å².